The van der Waals surface area contributed by atoms with Crippen molar-refractivity contribution in [1.82, 2.24) is 15.2 Å². The highest BCUT2D eigenvalue weighted by Crippen LogP contribution is 2.20. The summed E-state index contributed by atoms with van der Waals surface area (Å²) in [7, 11) is -6.90. The number of benzene rings is 1. The molecule has 0 saturated carbocycles. The van der Waals surface area contributed by atoms with Gasteiger partial charge in [0.2, 0.25) is 0 Å². The van der Waals surface area contributed by atoms with E-state index in [4.69, 9.17) is 0 Å². The molecule has 118 valence electrons. The van der Waals surface area contributed by atoms with E-state index in [0.717, 1.165) is 0 Å². The number of nitrogens with zero attached hydrogens (tertiary/aromatic N) is 1. The molecule has 0 radical (unpaired) electrons. The molecule has 9 heteroatoms. The van der Waals surface area contributed by atoms with Gasteiger partial charge in [-0.15, -0.1) is 4.83 Å². The van der Waals surface area contributed by atoms with E-state index < -0.39 is 25.9 Å². The summed E-state index contributed by atoms with van der Waals surface area (Å²) >= 11 is 0. The zero-order valence-corrected chi connectivity index (χ0v) is 13.2. The number of hydrogen-bond acceptors (Lipinski definition) is 6. The molecule has 2 heterocycles. The Kier molecular flexibility index (Phi) is 3.89. The van der Waals surface area contributed by atoms with Crippen molar-refractivity contribution in [2.75, 3.05) is 11.5 Å². The summed E-state index contributed by atoms with van der Waals surface area (Å²) < 4.78 is 47.6. The number of aromatic nitrogens is 1. The predicted molar refractivity (Wildman–Crippen MR) is 82.3 cm³/mol. The first-order valence-corrected chi connectivity index (χ1v) is 9.99. The number of fused-ring (bicyclic) bond motifs is 1. The Balaban J connectivity index is 1.83. The maximum atomic E-state index is 12.4. The van der Waals surface area contributed by atoms with Crippen molar-refractivity contribution in [2.24, 2.45) is 0 Å². The molecule has 1 fully saturated rings. The molecule has 1 aliphatic heterocycles. The highest BCUT2D eigenvalue weighted by molar-refractivity contribution is 7.91. The Labute approximate surface area is 128 Å². The smallest absolute Gasteiger partial charge is 0.255 e. The molecule has 1 aliphatic rings. The number of para-hydroxylation sites is 1. The standard InChI is InChI=1S/C13H15N3O4S2/c17-21(18)8-6-11(9-21)15-16-22(19,20)12-5-1-3-10-4-2-7-14-13(10)12/h1-5,7,11,15-16H,6,8-9H2/t11-/m1/s1. The molecule has 1 aromatic heterocycles. The minimum Gasteiger partial charge on any atom is -0.255 e. The minimum atomic E-state index is -3.83. The summed E-state index contributed by atoms with van der Waals surface area (Å²) in [5.41, 5.74) is 2.97. The van der Waals surface area contributed by atoms with Crippen LogP contribution in [0.15, 0.2) is 41.4 Å². The Morgan fingerprint density at radius 2 is 1.95 bits per heavy atom. The third-order valence-corrected chi connectivity index (χ3v) is 6.58. The molecule has 0 bridgehead atoms. The lowest BCUT2D eigenvalue weighted by molar-refractivity contribution is 0.506. The zero-order chi connectivity index (χ0) is 15.8. The van der Waals surface area contributed by atoms with E-state index in [1.54, 1.807) is 24.3 Å². The van der Waals surface area contributed by atoms with Crippen molar-refractivity contribution >= 4 is 30.8 Å². The van der Waals surface area contributed by atoms with Crippen LogP contribution in [0, 0.1) is 0 Å². The van der Waals surface area contributed by atoms with E-state index >= 15 is 0 Å². The number of sulfonamides is 1. The van der Waals surface area contributed by atoms with Crippen molar-refractivity contribution < 1.29 is 16.8 Å². The van der Waals surface area contributed by atoms with Crippen molar-refractivity contribution in [3.63, 3.8) is 0 Å². The van der Waals surface area contributed by atoms with Crippen molar-refractivity contribution in [3.05, 3.63) is 36.5 Å². The normalized spacial score (nSPS) is 21.2. The average Bonchev–Trinajstić information content (AvgIpc) is 2.84. The van der Waals surface area contributed by atoms with Crippen LogP contribution in [0.5, 0.6) is 0 Å². The molecule has 3 rings (SSSR count). The van der Waals surface area contributed by atoms with Crippen LogP contribution in [0.1, 0.15) is 6.42 Å². The molecule has 0 spiro atoms. The highest BCUT2D eigenvalue weighted by atomic mass is 32.2. The third kappa shape index (κ3) is 3.12. The second-order valence-electron chi connectivity index (χ2n) is 5.18. The number of hydrogen-bond donors (Lipinski definition) is 2. The molecule has 2 aromatic rings. The van der Waals surface area contributed by atoms with Crippen molar-refractivity contribution in [2.45, 2.75) is 17.4 Å². The van der Waals surface area contributed by atoms with Crippen LogP contribution in [0.3, 0.4) is 0 Å². The van der Waals surface area contributed by atoms with Crippen LogP contribution in [0.2, 0.25) is 0 Å². The summed E-state index contributed by atoms with van der Waals surface area (Å²) in [5, 5.41) is 0.716. The van der Waals surface area contributed by atoms with Crippen molar-refractivity contribution in [1.29, 1.82) is 0 Å². The summed E-state index contributed by atoms with van der Waals surface area (Å²) in [6, 6.07) is 7.97. The lowest BCUT2D eigenvalue weighted by atomic mass is 10.2. The Morgan fingerprint density at radius 3 is 2.68 bits per heavy atom. The molecule has 0 aliphatic carbocycles. The van der Waals surface area contributed by atoms with Crippen LogP contribution in [0.4, 0.5) is 0 Å². The SMILES string of the molecule is O=S1(=O)CC[C@@H](NNS(=O)(=O)c2cccc3cccnc23)C1. The summed E-state index contributed by atoms with van der Waals surface area (Å²) in [5.74, 6) is 0.00548. The first kappa shape index (κ1) is 15.3. The molecule has 2 N–H and O–H groups in total. The lowest BCUT2D eigenvalue weighted by Gasteiger charge is -2.13. The highest BCUT2D eigenvalue weighted by Gasteiger charge is 2.29. The average molecular weight is 341 g/mol. The first-order valence-electron chi connectivity index (χ1n) is 6.69. The molecular formula is C13H15N3O4S2. The van der Waals surface area contributed by atoms with Crippen LogP contribution < -0.4 is 10.3 Å². The van der Waals surface area contributed by atoms with Gasteiger partial charge in [-0.3, -0.25) is 4.98 Å². The van der Waals surface area contributed by atoms with E-state index in [9.17, 15) is 16.8 Å². The molecule has 7 nitrogen and oxygen atoms in total. The Morgan fingerprint density at radius 1 is 1.18 bits per heavy atom. The van der Waals surface area contributed by atoms with Gasteiger partial charge in [0, 0.05) is 17.6 Å². The maximum absolute atomic E-state index is 12.4. The maximum Gasteiger partial charge on any atom is 0.255 e. The predicted octanol–water partition coefficient (Wildman–Crippen LogP) is 0.205. The monoisotopic (exact) mass is 341 g/mol. The van der Waals surface area contributed by atoms with E-state index in [1.165, 1.54) is 12.3 Å². The largest absolute Gasteiger partial charge is 0.255 e. The Hall–Kier alpha value is -1.55. The molecule has 22 heavy (non-hydrogen) atoms. The number of rotatable bonds is 4. The summed E-state index contributed by atoms with van der Waals surface area (Å²) in [6.45, 7) is 0. The van der Waals surface area contributed by atoms with Gasteiger partial charge in [-0.05, 0) is 18.6 Å². The fourth-order valence-corrected chi connectivity index (χ4v) is 5.21. The lowest BCUT2D eigenvalue weighted by Crippen LogP contribution is -2.44. The number of nitrogens with one attached hydrogen (secondary N) is 2. The molecular weight excluding hydrogens is 326 g/mol. The first-order chi connectivity index (χ1) is 10.4. The zero-order valence-electron chi connectivity index (χ0n) is 11.6. The van der Waals surface area contributed by atoms with Crippen LogP contribution in [-0.2, 0) is 19.9 Å². The number of sulfone groups is 1. The van der Waals surface area contributed by atoms with Gasteiger partial charge < -0.3 is 0 Å². The summed E-state index contributed by atoms with van der Waals surface area (Å²) in [6.07, 6.45) is 1.91. The molecule has 1 aromatic carbocycles. The topological polar surface area (TPSA) is 105 Å². The van der Waals surface area contributed by atoms with Gasteiger partial charge in [0.05, 0.1) is 17.0 Å². The summed E-state index contributed by atoms with van der Waals surface area (Å²) in [4.78, 5) is 6.43. The molecule has 1 atom stereocenters. The van der Waals surface area contributed by atoms with Crippen LogP contribution in [0.25, 0.3) is 10.9 Å². The number of pyridine rings is 1. The van der Waals surface area contributed by atoms with E-state index in [0.29, 0.717) is 17.3 Å². The second-order valence-corrected chi connectivity index (χ2v) is 9.06. The molecule has 0 amide bonds. The van der Waals surface area contributed by atoms with Crippen LogP contribution in [-0.4, -0.2) is 39.4 Å². The van der Waals surface area contributed by atoms with E-state index in [-0.39, 0.29) is 16.4 Å². The van der Waals surface area contributed by atoms with Gasteiger partial charge in [-0.1, -0.05) is 18.2 Å². The Bertz CT molecular complexity index is 905. The number of hydrazine groups is 1. The van der Waals surface area contributed by atoms with Gasteiger partial charge in [0.25, 0.3) is 10.0 Å². The van der Waals surface area contributed by atoms with Gasteiger partial charge in [-0.25, -0.2) is 22.3 Å². The van der Waals surface area contributed by atoms with E-state index in [1.807, 2.05) is 0 Å². The third-order valence-electron chi connectivity index (χ3n) is 3.52. The van der Waals surface area contributed by atoms with Crippen LogP contribution >= 0.6 is 0 Å². The van der Waals surface area contributed by atoms with Gasteiger partial charge in [0.1, 0.15) is 4.90 Å². The minimum absolute atomic E-state index is 0.0546. The second kappa shape index (κ2) is 5.58. The van der Waals surface area contributed by atoms with E-state index in [2.05, 4.69) is 15.2 Å². The molecule has 1 saturated heterocycles. The quantitative estimate of drug-likeness (QED) is 0.770. The fourth-order valence-electron chi connectivity index (χ4n) is 2.42. The van der Waals surface area contributed by atoms with Gasteiger partial charge in [0.15, 0.2) is 9.84 Å². The van der Waals surface area contributed by atoms with Crippen molar-refractivity contribution in [3.8, 4) is 0 Å². The van der Waals surface area contributed by atoms with Gasteiger partial charge in [-0.2, -0.15) is 0 Å². The fraction of sp³-hybridized carbons (Fsp3) is 0.308. The van der Waals surface area contributed by atoms with Gasteiger partial charge >= 0.3 is 0 Å². The molecule has 0 unspecified atom stereocenters.